The monoisotopic (exact) mass is 341 g/mol. The van der Waals surface area contributed by atoms with E-state index in [0.717, 1.165) is 0 Å². The van der Waals surface area contributed by atoms with Crippen molar-refractivity contribution in [3.63, 3.8) is 0 Å². The van der Waals surface area contributed by atoms with Gasteiger partial charge in [0.15, 0.2) is 0 Å². The minimum atomic E-state index is -0.358. The molecule has 0 spiro atoms. The van der Waals surface area contributed by atoms with Crippen LogP contribution in [0, 0.1) is 5.82 Å². The maximum Gasteiger partial charge on any atom is 0.270 e. The molecule has 1 aliphatic rings. The molecule has 0 bridgehead atoms. The molecule has 128 valence electrons. The molecule has 1 N–H and O–H groups in total. The van der Waals surface area contributed by atoms with Crippen LogP contribution in [0.2, 0.25) is 0 Å². The van der Waals surface area contributed by atoms with Crippen LogP contribution in [-0.4, -0.2) is 52.8 Å². The fourth-order valence-corrected chi connectivity index (χ4v) is 3.09. The molecule has 0 atom stereocenters. The first-order valence-electron chi connectivity index (χ1n) is 8.01. The van der Waals surface area contributed by atoms with Gasteiger partial charge in [-0.25, -0.2) is 4.39 Å². The van der Waals surface area contributed by atoms with Gasteiger partial charge in [-0.1, -0.05) is 6.07 Å². The number of H-pyrrole nitrogens is 1. The fraction of sp³-hybridized carbons (Fsp3) is 0.222. The molecule has 3 aromatic rings. The largest absolute Gasteiger partial charge is 0.472 e. The minimum Gasteiger partial charge on any atom is -0.472 e. The molecule has 0 aliphatic carbocycles. The number of piperazine rings is 1. The van der Waals surface area contributed by atoms with Gasteiger partial charge in [0.05, 0.1) is 11.8 Å². The Morgan fingerprint density at radius 2 is 1.76 bits per heavy atom. The van der Waals surface area contributed by atoms with E-state index in [1.807, 2.05) is 0 Å². The zero-order chi connectivity index (χ0) is 17.4. The highest BCUT2D eigenvalue weighted by Gasteiger charge is 2.26. The number of hydrogen-bond donors (Lipinski definition) is 1. The maximum absolute atomic E-state index is 13.8. The number of aromatic nitrogens is 1. The van der Waals surface area contributed by atoms with Gasteiger partial charge in [-0.3, -0.25) is 9.59 Å². The molecule has 1 saturated heterocycles. The number of hydrogen-bond acceptors (Lipinski definition) is 3. The predicted molar refractivity (Wildman–Crippen MR) is 88.8 cm³/mol. The van der Waals surface area contributed by atoms with E-state index in [1.165, 1.54) is 24.7 Å². The van der Waals surface area contributed by atoms with Gasteiger partial charge in [0, 0.05) is 37.1 Å². The molecule has 1 fully saturated rings. The number of aromatic amines is 1. The summed E-state index contributed by atoms with van der Waals surface area (Å²) in [7, 11) is 0. The average molecular weight is 341 g/mol. The fourth-order valence-electron chi connectivity index (χ4n) is 3.09. The van der Waals surface area contributed by atoms with Gasteiger partial charge in [-0.05, 0) is 24.3 Å². The van der Waals surface area contributed by atoms with E-state index >= 15 is 0 Å². The molecule has 25 heavy (non-hydrogen) atoms. The van der Waals surface area contributed by atoms with Crippen LogP contribution >= 0.6 is 0 Å². The van der Waals surface area contributed by atoms with Gasteiger partial charge in [-0.2, -0.15) is 0 Å². The van der Waals surface area contributed by atoms with E-state index in [1.54, 1.807) is 28.0 Å². The number of carbonyl (C=O) groups excluding carboxylic acids is 2. The summed E-state index contributed by atoms with van der Waals surface area (Å²) in [5, 5.41) is 0.402. The molecule has 2 aromatic heterocycles. The van der Waals surface area contributed by atoms with Crippen LogP contribution in [0.1, 0.15) is 20.8 Å². The van der Waals surface area contributed by atoms with Crippen LogP contribution in [0.3, 0.4) is 0 Å². The maximum atomic E-state index is 13.8. The van der Waals surface area contributed by atoms with Crippen molar-refractivity contribution in [3.05, 3.63) is 59.9 Å². The van der Waals surface area contributed by atoms with Crippen molar-refractivity contribution in [2.75, 3.05) is 26.2 Å². The summed E-state index contributed by atoms with van der Waals surface area (Å²) in [5.74, 6) is -0.650. The van der Waals surface area contributed by atoms with E-state index in [4.69, 9.17) is 4.42 Å². The molecule has 1 aliphatic heterocycles. The second kappa shape index (κ2) is 6.08. The lowest BCUT2D eigenvalue weighted by atomic mass is 10.2. The summed E-state index contributed by atoms with van der Waals surface area (Å²) < 4.78 is 18.7. The van der Waals surface area contributed by atoms with Gasteiger partial charge >= 0.3 is 0 Å². The topological polar surface area (TPSA) is 69.6 Å². The highest BCUT2D eigenvalue weighted by Crippen LogP contribution is 2.20. The molecular formula is C18H16FN3O3. The van der Waals surface area contributed by atoms with E-state index in [-0.39, 0.29) is 17.6 Å². The third-order valence-corrected chi connectivity index (χ3v) is 4.46. The van der Waals surface area contributed by atoms with Gasteiger partial charge in [-0.15, -0.1) is 0 Å². The molecule has 0 saturated carbocycles. The number of fused-ring (bicyclic) bond motifs is 1. The molecule has 6 nitrogen and oxygen atoms in total. The highest BCUT2D eigenvalue weighted by molar-refractivity contribution is 5.98. The number of rotatable bonds is 2. The SMILES string of the molecule is O=C(c1ccoc1)N1CCN(C(=O)c2cc3c(F)cccc3[nH]2)CC1. The Balaban J connectivity index is 1.45. The Bertz CT molecular complexity index is 924. The second-order valence-electron chi connectivity index (χ2n) is 5.98. The lowest BCUT2D eigenvalue weighted by Gasteiger charge is -2.34. The number of nitrogens with zero attached hydrogens (tertiary/aromatic N) is 2. The lowest BCUT2D eigenvalue weighted by Crippen LogP contribution is -2.50. The zero-order valence-electron chi connectivity index (χ0n) is 13.4. The van der Waals surface area contributed by atoms with Crippen LogP contribution in [0.15, 0.2) is 47.3 Å². The number of benzene rings is 1. The number of furan rings is 1. The molecule has 7 heteroatoms. The molecule has 0 unspecified atom stereocenters. The molecule has 1 aromatic carbocycles. The van der Waals surface area contributed by atoms with Gasteiger partial charge in [0.1, 0.15) is 17.8 Å². The first kappa shape index (κ1) is 15.4. The van der Waals surface area contributed by atoms with Gasteiger partial charge in [0.25, 0.3) is 11.8 Å². The van der Waals surface area contributed by atoms with Crippen molar-refractivity contribution in [1.29, 1.82) is 0 Å². The number of nitrogens with one attached hydrogen (secondary N) is 1. The van der Waals surface area contributed by atoms with E-state index in [2.05, 4.69) is 4.98 Å². The Kier molecular flexibility index (Phi) is 3.76. The summed E-state index contributed by atoms with van der Waals surface area (Å²) >= 11 is 0. The van der Waals surface area contributed by atoms with Crippen molar-refractivity contribution in [1.82, 2.24) is 14.8 Å². The molecule has 4 rings (SSSR count). The number of carbonyl (C=O) groups is 2. The third kappa shape index (κ3) is 2.77. The minimum absolute atomic E-state index is 0.103. The Labute approximate surface area is 142 Å². The lowest BCUT2D eigenvalue weighted by molar-refractivity contribution is 0.0532. The van der Waals surface area contributed by atoms with Crippen molar-refractivity contribution < 1.29 is 18.4 Å². The third-order valence-electron chi connectivity index (χ3n) is 4.46. The average Bonchev–Trinajstić information content (AvgIpc) is 3.31. The molecule has 3 heterocycles. The number of halogens is 1. The van der Waals surface area contributed by atoms with Crippen LogP contribution in [0.5, 0.6) is 0 Å². The summed E-state index contributed by atoms with van der Waals surface area (Å²) in [6.07, 6.45) is 2.88. The quantitative estimate of drug-likeness (QED) is 0.779. The molecule has 2 amide bonds. The summed E-state index contributed by atoms with van der Waals surface area (Å²) in [4.78, 5) is 31.2. The first-order chi connectivity index (χ1) is 12.1. The van der Waals surface area contributed by atoms with Crippen molar-refractivity contribution in [3.8, 4) is 0 Å². The van der Waals surface area contributed by atoms with Crippen LogP contribution in [-0.2, 0) is 0 Å². The van der Waals surface area contributed by atoms with Crippen LogP contribution < -0.4 is 0 Å². The normalized spacial score (nSPS) is 14.9. The van der Waals surface area contributed by atoms with Crippen molar-refractivity contribution in [2.45, 2.75) is 0 Å². The summed E-state index contributed by atoms with van der Waals surface area (Å²) in [5.41, 5.74) is 1.46. The number of amides is 2. The second-order valence-corrected chi connectivity index (χ2v) is 5.98. The van der Waals surface area contributed by atoms with E-state index < -0.39 is 0 Å². The Morgan fingerprint density at radius 3 is 2.40 bits per heavy atom. The Hall–Kier alpha value is -3.09. The van der Waals surface area contributed by atoms with Gasteiger partial charge in [0.2, 0.25) is 0 Å². The van der Waals surface area contributed by atoms with Gasteiger partial charge < -0.3 is 19.2 Å². The molecule has 0 radical (unpaired) electrons. The first-order valence-corrected chi connectivity index (χ1v) is 8.01. The Morgan fingerprint density at radius 1 is 1.04 bits per heavy atom. The molecular weight excluding hydrogens is 325 g/mol. The van der Waals surface area contributed by atoms with E-state index in [9.17, 15) is 14.0 Å². The standard InChI is InChI=1S/C18H16FN3O3/c19-14-2-1-3-15-13(14)10-16(20-15)18(24)22-7-5-21(6-8-22)17(23)12-4-9-25-11-12/h1-4,9-11,20H,5-8H2. The van der Waals surface area contributed by atoms with Crippen molar-refractivity contribution >= 4 is 22.7 Å². The smallest absolute Gasteiger partial charge is 0.270 e. The van der Waals surface area contributed by atoms with Crippen molar-refractivity contribution in [2.24, 2.45) is 0 Å². The zero-order valence-corrected chi connectivity index (χ0v) is 13.4. The summed E-state index contributed by atoms with van der Waals surface area (Å²) in [6, 6.07) is 7.86. The predicted octanol–water partition coefficient (Wildman–Crippen LogP) is 2.50. The summed E-state index contributed by atoms with van der Waals surface area (Å²) in [6.45, 7) is 1.76. The highest BCUT2D eigenvalue weighted by atomic mass is 19.1. The van der Waals surface area contributed by atoms with Crippen LogP contribution in [0.25, 0.3) is 10.9 Å². The van der Waals surface area contributed by atoms with E-state index in [0.29, 0.717) is 48.3 Å². The van der Waals surface area contributed by atoms with Crippen LogP contribution in [0.4, 0.5) is 4.39 Å².